The second-order valence-corrected chi connectivity index (χ2v) is 6.58. The van der Waals surface area contributed by atoms with Crippen molar-refractivity contribution in [2.24, 2.45) is 5.92 Å². The summed E-state index contributed by atoms with van der Waals surface area (Å²) in [5.41, 5.74) is 4.31. The average molecular weight is 384 g/mol. The third-order valence-electron chi connectivity index (χ3n) is 4.75. The number of nitrogens with zero attached hydrogens (tertiary/aromatic N) is 3. The highest BCUT2D eigenvalue weighted by atomic mass is 35.5. The molecular formula is C20H22ClN5O. The van der Waals surface area contributed by atoms with Crippen LogP contribution in [-0.2, 0) is 0 Å². The van der Waals surface area contributed by atoms with Crippen LogP contribution in [0.25, 0.3) is 16.8 Å². The number of carbonyl (C=O) groups excluding carboxylic acids is 1. The van der Waals surface area contributed by atoms with E-state index in [1.165, 1.54) is 5.56 Å². The van der Waals surface area contributed by atoms with Crippen LogP contribution in [0.4, 0.5) is 0 Å². The van der Waals surface area contributed by atoms with E-state index in [1.54, 1.807) is 4.68 Å². The monoisotopic (exact) mass is 383 g/mol. The molecule has 2 aromatic carbocycles. The Hall–Kier alpha value is -2.70. The summed E-state index contributed by atoms with van der Waals surface area (Å²) in [6.07, 6.45) is 0. The summed E-state index contributed by atoms with van der Waals surface area (Å²) in [6.45, 7) is 4.45. The molecule has 0 radical (unpaired) electrons. The van der Waals surface area contributed by atoms with Crippen LogP contribution in [-0.4, -0.2) is 40.5 Å². The van der Waals surface area contributed by atoms with Crippen LogP contribution in [0, 0.1) is 12.8 Å². The molecule has 0 aliphatic carbocycles. The number of aromatic nitrogens is 3. The molecule has 6 nitrogen and oxygen atoms in total. The standard InChI is InChI=1S/C20H21N5O.ClH/c1-14-19(20(26)22-13-15-11-21-12-15)23-24-25(14)18-9-7-17(8-10-18)16-5-3-2-4-6-16;/h2-10,15,21H,11-13H2,1H3,(H,22,26);1H. The van der Waals surface area contributed by atoms with Crippen molar-refractivity contribution in [1.29, 1.82) is 0 Å². The van der Waals surface area contributed by atoms with Gasteiger partial charge in [-0.1, -0.05) is 47.7 Å². The van der Waals surface area contributed by atoms with Crippen molar-refractivity contribution in [1.82, 2.24) is 25.6 Å². The molecule has 0 saturated carbocycles. The minimum absolute atomic E-state index is 0. The molecule has 2 N–H and O–H groups in total. The molecule has 2 heterocycles. The molecule has 3 aromatic rings. The number of hydrogen-bond donors (Lipinski definition) is 2. The Balaban J connectivity index is 0.00000210. The molecule has 140 valence electrons. The number of halogens is 1. The number of carbonyl (C=O) groups is 1. The maximum atomic E-state index is 12.3. The lowest BCUT2D eigenvalue weighted by atomic mass is 10.0. The van der Waals surface area contributed by atoms with Crippen LogP contribution in [0.2, 0.25) is 0 Å². The van der Waals surface area contributed by atoms with Gasteiger partial charge < -0.3 is 10.6 Å². The Morgan fingerprint density at radius 3 is 2.41 bits per heavy atom. The van der Waals surface area contributed by atoms with Gasteiger partial charge in [-0.3, -0.25) is 4.79 Å². The van der Waals surface area contributed by atoms with Gasteiger partial charge in [-0.2, -0.15) is 0 Å². The SMILES string of the molecule is Cc1c(C(=O)NCC2CNC2)nnn1-c1ccc(-c2ccccc2)cc1.Cl. The molecule has 1 aromatic heterocycles. The van der Waals surface area contributed by atoms with Gasteiger partial charge in [0.15, 0.2) is 5.69 Å². The molecule has 7 heteroatoms. The summed E-state index contributed by atoms with van der Waals surface area (Å²) in [6, 6.07) is 18.3. The molecule has 1 amide bonds. The van der Waals surface area contributed by atoms with Gasteiger partial charge in [-0.05, 0) is 30.2 Å². The van der Waals surface area contributed by atoms with E-state index in [-0.39, 0.29) is 18.3 Å². The van der Waals surface area contributed by atoms with E-state index in [9.17, 15) is 4.79 Å². The van der Waals surface area contributed by atoms with Crippen LogP contribution >= 0.6 is 12.4 Å². The summed E-state index contributed by atoms with van der Waals surface area (Å²) in [7, 11) is 0. The minimum Gasteiger partial charge on any atom is -0.350 e. The van der Waals surface area contributed by atoms with Gasteiger partial charge in [0.2, 0.25) is 0 Å². The zero-order chi connectivity index (χ0) is 17.9. The van der Waals surface area contributed by atoms with Gasteiger partial charge in [0, 0.05) is 25.6 Å². The molecule has 1 aliphatic rings. The van der Waals surface area contributed by atoms with E-state index >= 15 is 0 Å². The highest BCUT2D eigenvalue weighted by Gasteiger charge is 2.21. The first-order valence-corrected chi connectivity index (χ1v) is 8.79. The fourth-order valence-electron chi connectivity index (χ4n) is 3.02. The molecule has 4 rings (SSSR count). The van der Waals surface area contributed by atoms with Crippen LogP contribution in [0.15, 0.2) is 54.6 Å². The second kappa shape index (κ2) is 8.33. The van der Waals surface area contributed by atoms with Gasteiger partial charge >= 0.3 is 0 Å². The highest BCUT2D eigenvalue weighted by molar-refractivity contribution is 5.93. The third kappa shape index (κ3) is 4.02. The smallest absolute Gasteiger partial charge is 0.273 e. The Bertz CT molecular complexity index is 904. The van der Waals surface area contributed by atoms with Crippen molar-refractivity contribution in [3.8, 4) is 16.8 Å². The summed E-state index contributed by atoms with van der Waals surface area (Å²) >= 11 is 0. The van der Waals surface area contributed by atoms with Crippen molar-refractivity contribution in [3.05, 3.63) is 66.0 Å². The van der Waals surface area contributed by atoms with E-state index < -0.39 is 0 Å². The van der Waals surface area contributed by atoms with Gasteiger partial charge in [0.05, 0.1) is 11.4 Å². The molecule has 1 saturated heterocycles. The van der Waals surface area contributed by atoms with Gasteiger partial charge in [-0.15, -0.1) is 17.5 Å². The zero-order valence-corrected chi connectivity index (χ0v) is 15.9. The van der Waals surface area contributed by atoms with Crippen molar-refractivity contribution < 1.29 is 4.79 Å². The maximum Gasteiger partial charge on any atom is 0.273 e. The van der Waals surface area contributed by atoms with Crippen LogP contribution in [0.3, 0.4) is 0 Å². The first-order valence-electron chi connectivity index (χ1n) is 8.79. The van der Waals surface area contributed by atoms with E-state index in [0.29, 0.717) is 18.2 Å². The lowest BCUT2D eigenvalue weighted by Gasteiger charge is -2.26. The van der Waals surface area contributed by atoms with Crippen LogP contribution in [0.1, 0.15) is 16.2 Å². The minimum atomic E-state index is -0.165. The van der Waals surface area contributed by atoms with Crippen LogP contribution < -0.4 is 10.6 Å². The zero-order valence-electron chi connectivity index (χ0n) is 15.1. The Morgan fingerprint density at radius 2 is 1.78 bits per heavy atom. The Labute approximate surface area is 164 Å². The van der Waals surface area contributed by atoms with Crippen molar-refractivity contribution in [2.45, 2.75) is 6.92 Å². The molecular weight excluding hydrogens is 362 g/mol. The quantitative estimate of drug-likeness (QED) is 0.710. The lowest BCUT2D eigenvalue weighted by Crippen LogP contribution is -2.48. The molecule has 1 aliphatic heterocycles. The predicted molar refractivity (Wildman–Crippen MR) is 107 cm³/mol. The van der Waals surface area contributed by atoms with Gasteiger partial charge in [0.1, 0.15) is 0 Å². The first-order chi connectivity index (χ1) is 12.7. The summed E-state index contributed by atoms with van der Waals surface area (Å²) in [5.74, 6) is 0.349. The van der Waals surface area contributed by atoms with Gasteiger partial charge in [0.25, 0.3) is 5.91 Å². The molecule has 0 spiro atoms. The number of nitrogens with one attached hydrogen (secondary N) is 2. The summed E-state index contributed by atoms with van der Waals surface area (Å²) < 4.78 is 1.70. The fourth-order valence-corrected chi connectivity index (χ4v) is 3.02. The van der Waals surface area contributed by atoms with E-state index in [1.807, 2.05) is 37.3 Å². The third-order valence-corrected chi connectivity index (χ3v) is 4.75. The van der Waals surface area contributed by atoms with Crippen molar-refractivity contribution in [3.63, 3.8) is 0 Å². The fraction of sp³-hybridized carbons (Fsp3) is 0.250. The molecule has 0 unspecified atom stereocenters. The second-order valence-electron chi connectivity index (χ2n) is 6.58. The molecule has 0 atom stereocenters. The lowest BCUT2D eigenvalue weighted by molar-refractivity contribution is 0.0936. The average Bonchev–Trinajstić information content (AvgIpc) is 3.03. The maximum absolute atomic E-state index is 12.3. The molecule has 0 bridgehead atoms. The summed E-state index contributed by atoms with van der Waals surface area (Å²) in [4.78, 5) is 12.3. The highest BCUT2D eigenvalue weighted by Crippen LogP contribution is 2.21. The Kier molecular flexibility index (Phi) is 5.88. The number of rotatable bonds is 5. The largest absolute Gasteiger partial charge is 0.350 e. The van der Waals surface area contributed by atoms with Gasteiger partial charge in [-0.25, -0.2) is 4.68 Å². The molecule has 27 heavy (non-hydrogen) atoms. The van der Waals surface area contributed by atoms with E-state index in [4.69, 9.17) is 0 Å². The topological polar surface area (TPSA) is 71.8 Å². The Morgan fingerprint density at radius 1 is 1.11 bits per heavy atom. The van der Waals surface area contributed by atoms with E-state index in [2.05, 4.69) is 45.2 Å². The van der Waals surface area contributed by atoms with Crippen molar-refractivity contribution in [2.75, 3.05) is 19.6 Å². The van der Waals surface area contributed by atoms with E-state index in [0.717, 1.165) is 30.0 Å². The normalized spacial score (nSPS) is 13.5. The first kappa shape index (κ1) is 19.1. The molecule has 1 fully saturated rings. The number of hydrogen-bond acceptors (Lipinski definition) is 4. The number of benzene rings is 2. The van der Waals surface area contributed by atoms with Crippen LogP contribution in [0.5, 0.6) is 0 Å². The number of amides is 1. The summed E-state index contributed by atoms with van der Waals surface area (Å²) in [5, 5.41) is 14.4. The predicted octanol–water partition coefficient (Wildman–Crippen LogP) is 2.61. The van der Waals surface area contributed by atoms with Crippen molar-refractivity contribution >= 4 is 18.3 Å².